The van der Waals surface area contributed by atoms with Crippen LogP contribution >= 0.6 is 15.9 Å². The Morgan fingerprint density at radius 3 is 2.60 bits per heavy atom. The maximum Gasteiger partial charge on any atom is 0.291 e. The average molecular weight is 344 g/mol. The van der Waals surface area contributed by atoms with E-state index in [1.807, 2.05) is 0 Å². The third-order valence-electron chi connectivity index (χ3n) is 3.26. The van der Waals surface area contributed by atoms with Crippen LogP contribution in [0.3, 0.4) is 0 Å². The molecule has 1 aromatic heterocycles. The summed E-state index contributed by atoms with van der Waals surface area (Å²) >= 11 is 3.37. The molecule has 0 aliphatic heterocycles. The number of nitrogens with zero attached hydrogens (tertiary/aromatic N) is 2. The van der Waals surface area contributed by atoms with Crippen LogP contribution in [0, 0.1) is 17.0 Å². The summed E-state index contributed by atoms with van der Waals surface area (Å²) in [5.74, 6) is 0.682. The first-order valence-corrected chi connectivity index (χ1v) is 7.90. The maximum atomic E-state index is 10.8. The number of hydrogen-bond acceptors (Lipinski definition) is 4. The van der Waals surface area contributed by atoms with Crippen LogP contribution in [0.5, 0.6) is 0 Å². The molecule has 0 unspecified atom stereocenters. The zero-order chi connectivity index (χ0) is 15.0. The van der Waals surface area contributed by atoms with Gasteiger partial charge in [0.1, 0.15) is 12.0 Å². The number of rotatable bonds is 9. The van der Waals surface area contributed by atoms with Crippen molar-refractivity contribution in [2.24, 2.45) is 0 Å². The Kier molecular flexibility index (Phi) is 7.51. The van der Waals surface area contributed by atoms with Crippen LogP contribution in [0.2, 0.25) is 0 Å². The van der Waals surface area contributed by atoms with Crippen LogP contribution in [0.15, 0.2) is 10.7 Å². The largest absolute Gasteiger partial charge is 0.369 e. The van der Waals surface area contributed by atoms with Crippen LogP contribution in [0.1, 0.15) is 51.0 Å². The van der Waals surface area contributed by atoms with Gasteiger partial charge in [0, 0.05) is 12.1 Å². The van der Waals surface area contributed by atoms with Crippen molar-refractivity contribution in [3.05, 3.63) is 26.3 Å². The normalized spacial score (nSPS) is 10.6. The highest BCUT2D eigenvalue weighted by atomic mass is 79.9. The lowest BCUT2D eigenvalue weighted by Crippen LogP contribution is -2.06. The first kappa shape index (κ1) is 16.9. The minimum absolute atomic E-state index is 0.0435. The van der Waals surface area contributed by atoms with E-state index in [0.717, 1.165) is 13.0 Å². The highest BCUT2D eigenvalue weighted by Gasteiger charge is 2.16. The molecule has 0 radical (unpaired) electrons. The van der Waals surface area contributed by atoms with Gasteiger partial charge in [0.2, 0.25) is 0 Å². The standard InChI is InChI=1S/C14H22BrN3O2/c1-3-4-5-6-7-8-9-16-14-13(15)11(2)12(10-17-14)18(19)20/h10H,3-9H2,1-2H3,(H,16,17). The second-order valence-electron chi connectivity index (χ2n) is 4.88. The molecule has 112 valence electrons. The van der Waals surface area contributed by atoms with Crippen molar-refractivity contribution in [3.8, 4) is 0 Å². The number of unbranched alkanes of at least 4 members (excludes halogenated alkanes) is 5. The van der Waals surface area contributed by atoms with Gasteiger partial charge in [0.25, 0.3) is 5.69 Å². The van der Waals surface area contributed by atoms with E-state index in [1.165, 1.54) is 38.3 Å². The van der Waals surface area contributed by atoms with Gasteiger partial charge in [-0.05, 0) is 29.3 Å². The fourth-order valence-corrected chi connectivity index (χ4v) is 2.43. The second-order valence-corrected chi connectivity index (χ2v) is 5.68. The van der Waals surface area contributed by atoms with Crippen molar-refractivity contribution >= 4 is 27.4 Å². The third-order valence-corrected chi connectivity index (χ3v) is 4.23. The molecule has 0 fully saturated rings. The Balaban J connectivity index is 2.41. The van der Waals surface area contributed by atoms with E-state index < -0.39 is 4.92 Å². The molecule has 5 nitrogen and oxygen atoms in total. The van der Waals surface area contributed by atoms with Gasteiger partial charge in [-0.25, -0.2) is 4.98 Å². The first-order valence-electron chi connectivity index (χ1n) is 7.11. The van der Waals surface area contributed by atoms with Crippen molar-refractivity contribution in [1.82, 2.24) is 4.98 Å². The summed E-state index contributed by atoms with van der Waals surface area (Å²) in [5.41, 5.74) is 0.650. The molecule has 0 spiro atoms. The van der Waals surface area contributed by atoms with Crippen molar-refractivity contribution in [2.75, 3.05) is 11.9 Å². The molecule has 20 heavy (non-hydrogen) atoms. The summed E-state index contributed by atoms with van der Waals surface area (Å²) in [4.78, 5) is 14.5. The van der Waals surface area contributed by atoms with E-state index >= 15 is 0 Å². The van der Waals surface area contributed by atoms with Crippen LogP contribution in [-0.4, -0.2) is 16.5 Å². The van der Waals surface area contributed by atoms with Crippen molar-refractivity contribution < 1.29 is 4.92 Å². The molecule has 1 heterocycles. The van der Waals surface area contributed by atoms with E-state index in [2.05, 4.69) is 33.2 Å². The second kappa shape index (κ2) is 8.89. The molecule has 1 aromatic rings. The van der Waals surface area contributed by atoms with Crippen LogP contribution in [0.25, 0.3) is 0 Å². The molecule has 0 amide bonds. The van der Waals surface area contributed by atoms with Crippen molar-refractivity contribution in [1.29, 1.82) is 0 Å². The first-order chi connectivity index (χ1) is 9.57. The maximum absolute atomic E-state index is 10.8. The molecule has 0 bridgehead atoms. The quantitative estimate of drug-likeness (QED) is 0.396. The molecular formula is C14H22BrN3O2. The lowest BCUT2D eigenvalue weighted by Gasteiger charge is -2.09. The van der Waals surface area contributed by atoms with Crippen molar-refractivity contribution in [3.63, 3.8) is 0 Å². The summed E-state index contributed by atoms with van der Waals surface area (Å²) in [6.45, 7) is 4.77. The molecule has 0 atom stereocenters. The number of halogens is 1. The topological polar surface area (TPSA) is 68.1 Å². The molecular weight excluding hydrogens is 322 g/mol. The number of hydrogen-bond donors (Lipinski definition) is 1. The van der Waals surface area contributed by atoms with Crippen LogP contribution < -0.4 is 5.32 Å². The lowest BCUT2D eigenvalue weighted by molar-refractivity contribution is -0.385. The van der Waals surface area contributed by atoms with Gasteiger partial charge in [0.15, 0.2) is 0 Å². The molecule has 0 saturated carbocycles. The third kappa shape index (κ3) is 5.07. The van der Waals surface area contributed by atoms with Crippen LogP contribution in [-0.2, 0) is 0 Å². The van der Waals surface area contributed by atoms with E-state index in [1.54, 1.807) is 6.92 Å². The number of anilines is 1. The summed E-state index contributed by atoms with van der Waals surface area (Å²) < 4.78 is 0.678. The van der Waals surface area contributed by atoms with Gasteiger partial charge < -0.3 is 5.32 Å². The predicted molar refractivity (Wildman–Crippen MR) is 85.2 cm³/mol. The summed E-state index contributed by atoms with van der Waals surface area (Å²) in [6.07, 6.45) is 8.74. The van der Waals surface area contributed by atoms with Gasteiger partial charge in [-0.1, -0.05) is 39.0 Å². The van der Waals surface area contributed by atoms with Gasteiger partial charge in [-0.3, -0.25) is 10.1 Å². The summed E-state index contributed by atoms with van der Waals surface area (Å²) in [5, 5.41) is 14.0. The van der Waals surface area contributed by atoms with E-state index in [-0.39, 0.29) is 5.69 Å². The molecule has 0 aliphatic carbocycles. The summed E-state index contributed by atoms with van der Waals surface area (Å²) in [6, 6.07) is 0. The highest BCUT2D eigenvalue weighted by molar-refractivity contribution is 9.10. The lowest BCUT2D eigenvalue weighted by atomic mass is 10.1. The predicted octanol–water partition coefficient (Wildman–Crippen LogP) is 4.83. The average Bonchev–Trinajstić information content (AvgIpc) is 2.42. The minimum Gasteiger partial charge on any atom is -0.369 e. The zero-order valence-electron chi connectivity index (χ0n) is 12.1. The van der Waals surface area contributed by atoms with Gasteiger partial charge in [0.05, 0.1) is 9.40 Å². The Hall–Kier alpha value is -1.17. The highest BCUT2D eigenvalue weighted by Crippen LogP contribution is 2.30. The fraction of sp³-hybridized carbons (Fsp3) is 0.643. The Morgan fingerprint density at radius 1 is 1.30 bits per heavy atom. The molecule has 0 aliphatic rings. The molecule has 0 aromatic carbocycles. The van der Waals surface area contributed by atoms with Gasteiger partial charge in [-0.15, -0.1) is 0 Å². The number of aromatic nitrogens is 1. The van der Waals surface area contributed by atoms with E-state index in [4.69, 9.17) is 0 Å². The van der Waals surface area contributed by atoms with E-state index in [9.17, 15) is 10.1 Å². The number of nitrogens with one attached hydrogen (secondary N) is 1. The zero-order valence-corrected chi connectivity index (χ0v) is 13.7. The van der Waals surface area contributed by atoms with E-state index in [0.29, 0.717) is 15.9 Å². The fourth-order valence-electron chi connectivity index (χ4n) is 1.99. The smallest absolute Gasteiger partial charge is 0.291 e. The number of pyridine rings is 1. The minimum atomic E-state index is -0.412. The Bertz CT molecular complexity index is 452. The summed E-state index contributed by atoms with van der Waals surface area (Å²) in [7, 11) is 0. The SMILES string of the molecule is CCCCCCCCNc1ncc([N+](=O)[O-])c(C)c1Br. The number of nitro groups is 1. The molecule has 1 N–H and O–H groups in total. The van der Waals surface area contributed by atoms with Crippen LogP contribution in [0.4, 0.5) is 11.5 Å². The Morgan fingerprint density at radius 2 is 1.95 bits per heavy atom. The van der Waals surface area contributed by atoms with Gasteiger partial charge >= 0.3 is 0 Å². The van der Waals surface area contributed by atoms with Gasteiger partial charge in [-0.2, -0.15) is 0 Å². The Labute approximate surface area is 128 Å². The molecule has 1 rings (SSSR count). The monoisotopic (exact) mass is 343 g/mol. The van der Waals surface area contributed by atoms with Crippen molar-refractivity contribution in [2.45, 2.75) is 52.4 Å². The molecule has 0 saturated heterocycles. The molecule has 6 heteroatoms.